The molecule has 0 aliphatic carbocycles. The molecule has 1 N–H and O–H groups in total. The number of aryl methyl sites for hydroxylation is 1. The lowest BCUT2D eigenvalue weighted by Gasteiger charge is -2.12. The third-order valence-corrected chi connectivity index (χ3v) is 4.23. The molecular weight excluding hydrogens is 322 g/mol. The smallest absolute Gasteiger partial charge is 0.262 e. The summed E-state index contributed by atoms with van der Waals surface area (Å²) in [6.07, 6.45) is 1.76. The molecule has 0 aromatic heterocycles. The molecule has 0 bridgehead atoms. The van der Waals surface area contributed by atoms with Gasteiger partial charge in [-0.15, -0.1) is 0 Å². The topological polar surface area (TPSA) is 38.3 Å². The van der Waals surface area contributed by atoms with Crippen LogP contribution in [0.15, 0.2) is 78.9 Å². The van der Waals surface area contributed by atoms with Gasteiger partial charge in [0.2, 0.25) is 0 Å². The van der Waals surface area contributed by atoms with Gasteiger partial charge in [0.1, 0.15) is 5.75 Å². The van der Waals surface area contributed by atoms with Gasteiger partial charge in [0, 0.05) is 5.69 Å². The maximum Gasteiger partial charge on any atom is 0.262 e. The Labute approximate surface area is 154 Å². The van der Waals surface area contributed by atoms with E-state index in [9.17, 15) is 4.79 Å². The van der Waals surface area contributed by atoms with Gasteiger partial charge in [-0.3, -0.25) is 4.79 Å². The highest BCUT2D eigenvalue weighted by atomic mass is 16.5. The standard InChI is InChI=1S/C23H23NO2/c1-2-18-12-14-21(15-13-18)26-17-23(25)24-22-11-7-6-10-20(22)16-19-8-4-3-5-9-19/h3-15H,2,16-17H2,1H3,(H,24,25). The van der Waals surface area contributed by atoms with Crippen LogP contribution in [0.3, 0.4) is 0 Å². The number of hydrogen-bond donors (Lipinski definition) is 1. The molecule has 0 fully saturated rings. The maximum absolute atomic E-state index is 12.3. The van der Waals surface area contributed by atoms with Crippen molar-refractivity contribution in [1.29, 1.82) is 0 Å². The van der Waals surface area contributed by atoms with Gasteiger partial charge in [-0.2, -0.15) is 0 Å². The van der Waals surface area contributed by atoms with E-state index in [1.807, 2.05) is 66.7 Å². The van der Waals surface area contributed by atoms with Crippen LogP contribution in [0.1, 0.15) is 23.6 Å². The van der Waals surface area contributed by atoms with Crippen molar-refractivity contribution in [2.75, 3.05) is 11.9 Å². The maximum atomic E-state index is 12.3. The Hall–Kier alpha value is -3.07. The van der Waals surface area contributed by atoms with Crippen molar-refractivity contribution in [2.24, 2.45) is 0 Å². The lowest BCUT2D eigenvalue weighted by Crippen LogP contribution is -2.21. The number of para-hydroxylation sites is 1. The summed E-state index contributed by atoms with van der Waals surface area (Å²) in [5.74, 6) is 0.542. The van der Waals surface area contributed by atoms with E-state index < -0.39 is 0 Å². The average Bonchev–Trinajstić information content (AvgIpc) is 2.69. The average molecular weight is 345 g/mol. The Morgan fingerprint density at radius 3 is 2.27 bits per heavy atom. The van der Waals surface area contributed by atoms with Crippen molar-refractivity contribution in [3.05, 3.63) is 95.6 Å². The monoisotopic (exact) mass is 345 g/mol. The fraction of sp³-hybridized carbons (Fsp3) is 0.174. The number of amides is 1. The van der Waals surface area contributed by atoms with Crippen molar-refractivity contribution in [3.8, 4) is 5.75 Å². The van der Waals surface area contributed by atoms with Gasteiger partial charge in [0.05, 0.1) is 0 Å². The molecule has 3 heteroatoms. The number of anilines is 1. The van der Waals surface area contributed by atoms with Gasteiger partial charge in [0.25, 0.3) is 5.91 Å². The van der Waals surface area contributed by atoms with Gasteiger partial charge in [-0.25, -0.2) is 0 Å². The van der Waals surface area contributed by atoms with E-state index in [1.165, 1.54) is 11.1 Å². The van der Waals surface area contributed by atoms with E-state index in [2.05, 4.69) is 24.4 Å². The lowest BCUT2D eigenvalue weighted by molar-refractivity contribution is -0.118. The summed E-state index contributed by atoms with van der Waals surface area (Å²) in [6, 6.07) is 25.9. The Morgan fingerprint density at radius 2 is 1.54 bits per heavy atom. The minimum absolute atomic E-state index is 0.00879. The summed E-state index contributed by atoms with van der Waals surface area (Å²) >= 11 is 0. The zero-order valence-corrected chi connectivity index (χ0v) is 14.9. The normalized spacial score (nSPS) is 10.3. The van der Waals surface area contributed by atoms with Crippen LogP contribution < -0.4 is 10.1 Å². The fourth-order valence-corrected chi connectivity index (χ4v) is 2.77. The molecule has 0 atom stereocenters. The molecule has 1 amide bonds. The Kier molecular flexibility index (Phi) is 6.05. The van der Waals surface area contributed by atoms with Gasteiger partial charge in [-0.05, 0) is 47.7 Å². The van der Waals surface area contributed by atoms with Crippen LogP contribution in [-0.4, -0.2) is 12.5 Å². The molecule has 3 rings (SSSR count). The van der Waals surface area contributed by atoms with Gasteiger partial charge < -0.3 is 10.1 Å². The first-order valence-electron chi connectivity index (χ1n) is 8.88. The Morgan fingerprint density at radius 1 is 0.846 bits per heavy atom. The molecule has 0 saturated carbocycles. The summed E-state index contributed by atoms with van der Waals surface area (Å²) in [5, 5.41) is 2.96. The molecule has 0 saturated heterocycles. The highest BCUT2D eigenvalue weighted by Gasteiger charge is 2.08. The van der Waals surface area contributed by atoms with Crippen LogP contribution in [-0.2, 0) is 17.6 Å². The molecule has 3 nitrogen and oxygen atoms in total. The molecular formula is C23H23NO2. The quantitative estimate of drug-likeness (QED) is 0.664. The predicted molar refractivity (Wildman–Crippen MR) is 106 cm³/mol. The second-order valence-corrected chi connectivity index (χ2v) is 6.15. The fourth-order valence-electron chi connectivity index (χ4n) is 2.77. The molecule has 0 aliphatic heterocycles. The molecule has 0 radical (unpaired) electrons. The molecule has 0 unspecified atom stereocenters. The molecule has 3 aromatic carbocycles. The van der Waals surface area contributed by atoms with Crippen LogP contribution in [0.2, 0.25) is 0 Å². The molecule has 0 aliphatic rings. The van der Waals surface area contributed by atoms with Gasteiger partial charge in [-0.1, -0.05) is 67.6 Å². The van der Waals surface area contributed by atoms with E-state index in [0.29, 0.717) is 5.75 Å². The summed E-state index contributed by atoms with van der Waals surface area (Å²) in [7, 11) is 0. The Balaban J connectivity index is 1.60. The summed E-state index contributed by atoms with van der Waals surface area (Å²) in [4.78, 5) is 12.3. The van der Waals surface area contributed by atoms with E-state index in [-0.39, 0.29) is 12.5 Å². The number of hydrogen-bond acceptors (Lipinski definition) is 2. The SMILES string of the molecule is CCc1ccc(OCC(=O)Nc2ccccc2Cc2ccccc2)cc1. The van der Waals surface area contributed by atoms with Crippen LogP contribution in [0, 0.1) is 0 Å². The zero-order chi connectivity index (χ0) is 18.2. The number of ether oxygens (including phenoxy) is 1. The van der Waals surface area contributed by atoms with E-state index in [0.717, 1.165) is 24.1 Å². The van der Waals surface area contributed by atoms with E-state index in [1.54, 1.807) is 0 Å². The first-order chi connectivity index (χ1) is 12.7. The van der Waals surface area contributed by atoms with Crippen LogP contribution in [0.5, 0.6) is 5.75 Å². The minimum Gasteiger partial charge on any atom is -0.484 e. The van der Waals surface area contributed by atoms with Crippen LogP contribution in [0.25, 0.3) is 0 Å². The molecule has 26 heavy (non-hydrogen) atoms. The van der Waals surface area contributed by atoms with Crippen LogP contribution in [0.4, 0.5) is 5.69 Å². The van der Waals surface area contributed by atoms with Crippen LogP contribution >= 0.6 is 0 Å². The second-order valence-electron chi connectivity index (χ2n) is 6.15. The molecule has 132 valence electrons. The zero-order valence-electron chi connectivity index (χ0n) is 14.9. The predicted octanol–water partition coefficient (Wildman–Crippen LogP) is 4.86. The third-order valence-electron chi connectivity index (χ3n) is 4.23. The lowest BCUT2D eigenvalue weighted by atomic mass is 10.0. The molecule has 3 aromatic rings. The number of rotatable bonds is 7. The largest absolute Gasteiger partial charge is 0.484 e. The Bertz CT molecular complexity index is 842. The first-order valence-corrected chi connectivity index (χ1v) is 8.88. The van der Waals surface area contributed by atoms with Crippen molar-refractivity contribution in [2.45, 2.75) is 19.8 Å². The second kappa shape index (κ2) is 8.86. The van der Waals surface area contributed by atoms with Crippen molar-refractivity contribution < 1.29 is 9.53 Å². The van der Waals surface area contributed by atoms with Crippen molar-refractivity contribution in [3.63, 3.8) is 0 Å². The van der Waals surface area contributed by atoms with E-state index in [4.69, 9.17) is 4.74 Å². The van der Waals surface area contributed by atoms with Crippen molar-refractivity contribution >= 4 is 11.6 Å². The van der Waals surface area contributed by atoms with E-state index >= 15 is 0 Å². The molecule has 0 spiro atoms. The first kappa shape index (κ1) is 17.7. The summed E-state index contributed by atoms with van der Waals surface area (Å²) in [5.41, 5.74) is 4.36. The summed E-state index contributed by atoms with van der Waals surface area (Å²) < 4.78 is 5.59. The minimum atomic E-state index is -0.162. The molecule has 0 heterocycles. The van der Waals surface area contributed by atoms with Gasteiger partial charge in [0.15, 0.2) is 6.61 Å². The highest BCUT2D eigenvalue weighted by Crippen LogP contribution is 2.19. The van der Waals surface area contributed by atoms with Crippen molar-refractivity contribution in [1.82, 2.24) is 0 Å². The highest BCUT2D eigenvalue weighted by molar-refractivity contribution is 5.92. The third kappa shape index (κ3) is 4.96. The van der Waals surface area contributed by atoms with Gasteiger partial charge >= 0.3 is 0 Å². The number of benzene rings is 3. The number of nitrogens with one attached hydrogen (secondary N) is 1. The number of carbonyl (C=O) groups excluding carboxylic acids is 1. The summed E-state index contributed by atoms with van der Waals surface area (Å²) in [6.45, 7) is 2.10. The number of carbonyl (C=O) groups is 1.